The van der Waals surface area contributed by atoms with Crippen molar-refractivity contribution in [1.82, 2.24) is 5.32 Å². The Morgan fingerprint density at radius 3 is 2.29 bits per heavy atom. The number of rotatable bonds is 9. The van der Waals surface area contributed by atoms with Gasteiger partial charge in [0.05, 0.1) is 20.8 Å². The molecule has 0 bridgehead atoms. The molecule has 0 saturated heterocycles. The molecule has 2 aromatic carbocycles. The number of halogens is 3. The number of carbonyl (C=O) groups excluding carboxylic acids is 1. The molecule has 0 aliphatic carbocycles. The average Bonchev–Trinajstić information content (AvgIpc) is 2.66. The summed E-state index contributed by atoms with van der Waals surface area (Å²) in [5.74, 6) is 0.686. The smallest absolute Gasteiger partial charge is 0.493 e. The third-order valence-corrected chi connectivity index (χ3v) is 3.72. The first-order chi connectivity index (χ1) is 13.3. The molecule has 0 spiro atoms. The fourth-order valence-electron chi connectivity index (χ4n) is 2.40. The predicted molar refractivity (Wildman–Crippen MR) is 97.9 cm³/mol. The summed E-state index contributed by atoms with van der Waals surface area (Å²) >= 11 is 0. The Balaban J connectivity index is 1.74. The molecule has 0 aliphatic rings. The normalized spacial score (nSPS) is 10.9. The minimum atomic E-state index is -4.73. The lowest BCUT2D eigenvalue weighted by Gasteiger charge is -2.11. The quantitative estimate of drug-likeness (QED) is 0.678. The summed E-state index contributed by atoms with van der Waals surface area (Å²) in [5.41, 5.74) is 1.48. The van der Waals surface area contributed by atoms with E-state index in [0.29, 0.717) is 30.2 Å². The van der Waals surface area contributed by atoms with Crippen LogP contribution in [0.3, 0.4) is 0 Å². The lowest BCUT2D eigenvalue weighted by atomic mass is 10.1. The second kappa shape index (κ2) is 9.72. The van der Waals surface area contributed by atoms with Crippen LogP contribution in [0, 0.1) is 0 Å². The average molecular weight is 398 g/mol. The largest absolute Gasteiger partial charge is 0.573 e. The van der Waals surface area contributed by atoms with Crippen LogP contribution in [-0.2, 0) is 11.2 Å². The fourth-order valence-corrected chi connectivity index (χ4v) is 2.40. The molecule has 152 valence electrons. The number of amides is 1. The highest BCUT2D eigenvalue weighted by molar-refractivity contribution is 5.80. The van der Waals surface area contributed by atoms with E-state index in [1.54, 1.807) is 20.3 Å². The zero-order chi connectivity index (χ0) is 20.6. The van der Waals surface area contributed by atoms with Crippen LogP contribution < -0.4 is 24.8 Å². The maximum atomic E-state index is 12.1. The topological polar surface area (TPSA) is 68.8 Å². The number of ether oxygens (including phenoxy) is 3. The van der Waals surface area contributed by atoms with Crippen molar-refractivity contribution in [3.63, 3.8) is 0 Å². The molecular formula is C19H21F3N2O4. The number of nitrogens with one attached hydrogen (secondary N) is 2. The maximum absolute atomic E-state index is 12.1. The number of alkyl halides is 3. The van der Waals surface area contributed by atoms with Gasteiger partial charge in [-0.05, 0) is 48.4 Å². The van der Waals surface area contributed by atoms with E-state index >= 15 is 0 Å². The number of hydrogen-bond donors (Lipinski definition) is 2. The predicted octanol–water partition coefficient (Wildman–Crippen LogP) is 3.37. The Bertz CT molecular complexity index is 780. The lowest BCUT2D eigenvalue weighted by molar-refractivity contribution is -0.274. The van der Waals surface area contributed by atoms with Crippen LogP contribution >= 0.6 is 0 Å². The fraction of sp³-hybridized carbons (Fsp3) is 0.316. The highest BCUT2D eigenvalue weighted by Gasteiger charge is 2.30. The summed E-state index contributed by atoms with van der Waals surface area (Å²) in [6.45, 7) is 0.416. The van der Waals surface area contributed by atoms with Crippen LogP contribution in [-0.4, -0.2) is 39.6 Å². The molecule has 2 rings (SSSR count). The molecule has 0 fully saturated rings. The molecule has 0 saturated carbocycles. The molecule has 0 heterocycles. The molecule has 9 heteroatoms. The van der Waals surface area contributed by atoms with E-state index in [2.05, 4.69) is 15.4 Å². The molecule has 0 aromatic heterocycles. The van der Waals surface area contributed by atoms with Crippen LogP contribution in [0.2, 0.25) is 0 Å². The second-order valence-corrected chi connectivity index (χ2v) is 5.72. The van der Waals surface area contributed by atoms with Crippen molar-refractivity contribution in [1.29, 1.82) is 0 Å². The van der Waals surface area contributed by atoms with Crippen molar-refractivity contribution in [2.45, 2.75) is 12.8 Å². The Morgan fingerprint density at radius 2 is 1.68 bits per heavy atom. The summed E-state index contributed by atoms with van der Waals surface area (Å²) in [5, 5.41) is 5.59. The van der Waals surface area contributed by atoms with E-state index in [9.17, 15) is 18.0 Å². The van der Waals surface area contributed by atoms with Gasteiger partial charge in [0.1, 0.15) is 5.75 Å². The van der Waals surface area contributed by atoms with Crippen LogP contribution in [0.1, 0.15) is 5.56 Å². The standard InChI is InChI=1S/C19H21F3N2O4/c1-26-16-8-3-13(11-17(16)27-2)9-10-23-18(25)12-24-14-4-6-15(7-5-14)28-19(20,21)22/h3-8,11,24H,9-10,12H2,1-2H3,(H,23,25). The van der Waals surface area contributed by atoms with Gasteiger partial charge >= 0.3 is 6.36 Å². The Labute approximate surface area is 160 Å². The van der Waals surface area contributed by atoms with E-state index in [-0.39, 0.29) is 18.2 Å². The van der Waals surface area contributed by atoms with Crippen LogP contribution in [0.25, 0.3) is 0 Å². The van der Waals surface area contributed by atoms with Gasteiger partial charge in [-0.15, -0.1) is 13.2 Å². The first kappa shape index (κ1) is 21.2. The van der Waals surface area contributed by atoms with Gasteiger partial charge in [0.25, 0.3) is 0 Å². The Morgan fingerprint density at radius 1 is 1.00 bits per heavy atom. The monoisotopic (exact) mass is 398 g/mol. The zero-order valence-electron chi connectivity index (χ0n) is 15.4. The minimum absolute atomic E-state index is 0.00852. The first-order valence-electron chi connectivity index (χ1n) is 8.38. The lowest BCUT2D eigenvalue weighted by Crippen LogP contribution is -2.31. The summed E-state index contributed by atoms with van der Waals surface area (Å²) in [6.07, 6.45) is -4.13. The number of carbonyl (C=O) groups is 1. The summed E-state index contributed by atoms with van der Waals surface area (Å²) in [6, 6.07) is 10.7. The van der Waals surface area contributed by atoms with E-state index < -0.39 is 6.36 Å². The van der Waals surface area contributed by atoms with Gasteiger partial charge in [-0.25, -0.2) is 0 Å². The van der Waals surface area contributed by atoms with Crippen LogP contribution in [0.5, 0.6) is 17.2 Å². The van der Waals surface area contributed by atoms with Crippen molar-refractivity contribution < 1.29 is 32.2 Å². The van der Waals surface area contributed by atoms with Gasteiger partial charge in [0, 0.05) is 12.2 Å². The number of benzene rings is 2. The van der Waals surface area contributed by atoms with Crippen molar-refractivity contribution in [3.8, 4) is 17.2 Å². The van der Waals surface area contributed by atoms with Crippen molar-refractivity contribution in [2.75, 3.05) is 32.6 Å². The Hall–Kier alpha value is -3.10. The van der Waals surface area contributed by atoms with E-state index in [4.69, 9.17) is 9.47 Å². The number of anilines is 1. The number of hydrogen-bond acceptors (Lipinski definition) is 5. The van der Waals surface area contributed by atoms with E-state index in [1.807, 2.05) is 12.1 Å². The summed E-state index contributed by atoms with van der Waals surface area (Å²) < 4.78 is 50.5. The second-order valence-electron chi connectivity index (χ2n) is 5.72. The van der Waals surface area contributed by atoms with Crippen molar-refractivity contribution in [2.24, 2.45) is 0 Å². The van der Waals surface area contributed by atoms with Crippen molar-refractivity contribution >= 4 is 11.6 Å². The van der Waals surface area contributed by atoms with Gasteiger partial charge in [0.15, 0.2) is 11.5 Å². The molecule has 28 heavy (non-hydrogen) atoms. The van der Waals surface area contributed by atoms with Crippen molar-refractivity contribution in [3.05, 3.63) is 48.0 Å². The molecule has 0 atom stereocenters. The summed E-state index contributed by atoms with van der Waals surface area (Å²) in [7, 11) is 3.11. The third kappa shape index (κ3) is 6.90. The highest BCUT2D eigenvalue weighted by Crippen LogP contribution is 2.27. The SMILES string of the molecule is COc1ccc(CCNC(=O)CNc2ccc(OC(F)(F)F)cc2)cc1OC. The van der Waals surface area contributed by atoms with E-state index in [1.165, 1.54) is 24.3 Å². The van der Waals surface area contributed by atoms with Gasteiger partial charge in [-0.1, -0.05) is 6.07 Å². The molecular weight excluding hydrogens is 377 g/mol. The van der Waals surface area contributed by atoms with E-state index in [0.717, 1.165) is 5.56 Å². The molecule has 0 aliphatic heterocycles. The van der Waals surface area contributed by atoms with Gasteiger partial charge in [-0.2, -0.15) is 0 Å². The third-order valence-electron chi connectivity index (χ3n) is 3.72. The zero-order valence-corrected chi connectivity index (χ0v) is 15.4. The number of methoxy groups -OCH3 is 2. The Kier molecular flexibility index (Phi) is 7.36. The molecule has 0 radical (unpaired) electrons. The maximum Gasteiger partial charge on any atom is 0.573 e. The van der Waals surface area contributed by atoms with Crippen LogP contribution in [0.15, 0.2) is 42.5 Å². The molecule has 2 N–H and O–H groups in total. The van der Waals surface area contributed by atoms with Gasteiger partial charge in [-0.3, -0.25) is 4.79 Å². The molecule has 2 aromatic rings. The molecule has 6 nitrogen and oxygen atoms in total. The molecule has 1 amide bonds. The first-order valence-corrected chi connectivity index (χ1v) is 8.38. The molecule has 0 unspecified atom stereocenters. The van der Waals surface area contributed by atoms with Gasteiger partial charge in [0.2, 0.25) is 5.91 Å². The minimum Gasteiger partial charge on any atom is -0.493 e. The van der Waals surface area contributed by atoms with Crippen LogP contribution in [0.4, 0.5) is 18.9 Å². The summed E-state index contributed by atoms with van der Waals surface area (Å²) in [4.78, 5) is 11.9. The highest BCUT2D eigenvalue weighted by atomic mass is 19.4. The van der Waals surface area contributed by atoms with Gasteiger partial charge < -0.3 is 24.8 Å².